The fourth-order valence-electron chi connectivity index (χ4n) is 0.889. The Hall–Kier alpha value is -1.67. The average molecular weight is 229 g/mol. The Morgan fingerprint density at radius 1 is 1.25 bits per heavy atom. The minimum absolute atomic E-state index is 0.0470. The van der Waals surface area contributed by atoms with Crippen LogP contribution in [0.15, 0.2) is 0 Å². The number of anilines is 1. The molecule has 0 saturated heterocycles. The highest BCUT2D eigenvalue weighted by Gasteiger charge is 2.07. The van der Waals surface area contributed by atoms with Gasteiger partial charge in [0.15, 0.2) is 0 Å². The molecule has 0 aliphatic carbocycles. The second-order valence-corrected chi connectivity index (χ2v) is 2.73. The number of hydrogen-bond acceptors (Lipinski definition) is 8. The number of hydrogen-bond donors (Lipinski definition) is 3. The molecule has 90 valence electrons. The molecule has 1 aromatic heterocycles. The van der Waals surface area contributed by atoms with Crippen molar-refractivity contribution in [2.75, 3.05) is 25.2 Å². The molecule has 0 amide bonds. The summed E-state index contributed by atoms with van der Waals surface area (Å²) < 4.78 is 10.3. The summed E-state index contributed by atoms with van der Waals surface area (Å²) >= 11 is 0. The Kier molecular flexibility index (Phi) is 5.23. The summed E-state index contributed by atoms with van der Waals surface area (Å²) in [4.78, 5) is 11.6. The van der Waals surface area contributed by atoms with Gasteiger partial charge in [0.2, 0.25) is 5.95 Å². The van der Waals surface area contributed by atoms with E-state index in [0.717, 1.165) is 0 Å². The summed E-state index contributed by atoms with van der Waals surface area (Å²) in [6, 6.07) is 0.254. The third-order valence-corrected chi connectivity index (χ3v) is 1.53. The SMILES string of the molecule is CCOc1nc(NN)nc(OCCCO)n1. The van der Waals surface area contributed by atoms with Crippen LogP contribution in [-0.4, -0.2) is 39.9 Å². The number of ether oxygens (including phenoxy) is 2. The number of aromatic nitrogens is 3. The van der Waals surface area contributed by atoms with E-state index in [1.54, 1.807) is 0 Å². The van der Waals surface area contributed by atoms with Crippen LogP contribution in [0, 0.1) is 0 Å². The summed E-state index contributed by atoms with van der Waals surface area (Å²) in [6.45, 7) is 2.61. The maximum atomic E-state index is 8.59. The van der Waals surface area contributed by atoms with Crippen LogP contribution in [0.4, 0.5) is 5.95 Å². The van der Waals surface area contributed by atoms with Gasteiger partial charge >= 0.3 is 12.0 Å². The standard InChI is InChI=1S/C8H15N5O3/c1-2-15-7-10-6(13-9)11-8(12-7)16-5-3-4-14/h14H,2-5,9H2,1H3,(H,10,11,12,13). The molecule has 1 heterocycles. The molecule has 0 fully saturated rings. The lowest BCUT2D eigenvalue weighted by atomic mass is 10.5. The summed E-state index contributed by atoms with van der Waals surface area (Å²) in [5.74, 6) is 5.35. The average Bonchev–Trinajstić information content (AvgIpc) is 2.29. The zero-order valence-corrected chi connectivity index (χ0v) is 9.01. The van der Waals surface area contributed by atoms with Gasteiger partial charge in [-0.1, -0.05) is 0 Å². The smallest absolute Gasteiger partial charge is 0.324 e. The number of rotatable bonds is 7. The van der Waals surface area contributed by atoms with Crippen molar-refractivity contribution in [3.63, 3.8) is 0 Å². The van der Waals surface area contributed by atoms with E-state index in [9.17, 15) is 0 Å². The van der Waals surface area contributed by atoms with Gasteiger partial charge in [-0.3, -0.25) is 5.43 Å². The Bertz CT molecular complexity index is 323. The van der Waals surface area contributed by atoms with E-state index in [-0.39, 0.29) is 24.6 Å². The zero-order chi connectivity index (χ0) is 11.8. The third-order valence-electron chi connectivity index (χ3n) is 1.53. The number of aliphatic hydroxyl groups excluding tert-OH is 1. The van der Waals surface area contributed by atoms with Gasteiger partial charge in [0.25, 0.3) is 0 Å². The molecular formula is C8H15N5O3. The highest BCUT2D eigenvalue weighted by Crippen LogP contribution is 2.12. The molecule has 0 bridgehead atoms. The summed E-state index contributed by atoms with van der Waals surface area (Å²) in [7, 11) is 0. The number of nitrogens with zero attached hydrogens (tertiary/aromatic N) is 3. The van der Waals surface area contributed by atoms with Crippen LogP contribution in [0.2, 0.25) is 0 Å². The topological polar surface area (TPSA) is 115 Å². The van der Waals surface area contributed by atoms with Crippen molar-refractivity contribution in [3.05, 3.63) is 0 Å². The number of nitrogen functional groups attached to an aromatic ring is 1. The monoisotopic (exact) mass is 229 g/mol. The highest BCUT2D eigenvalue weighted by molar-refractivity contribution is 5.25. The Morgan fingerprint density at radius 3 is 2.50 bits per heavy atom. The van der Waals surface area contributed by atoms with Crippen molar-refractivity contribution < 1.29 is 14.6 Å². The van der Waals surface area contributed by atoms with E-state index in [1.165, 1.54) is 0 Å². The fourth-order valence-corrected chi connectivity index (χ4v) is 0.889. The van der Waals surface area contributed by atoms with Crippen molar-refractivity contribution in [2.45, 2.75) is 13.3 Å². The normalized spacial score (nSPS) is 9.94. The van der Waals surface area contributed by atoms with Gasteiger partial charge in [-0.15, -0.1) is 4.98 Å². The molecule has 0 aliphatic rings. The van der Waals surface area contributed by atoms with Crippen molar-refractivity contribution in [3.8, 4) is 12.0 Å². The van der Waals surface area contributed by atoms with E-state index >= 15 is 0 Å². The van der Waals surface area contributed by atoms with E-state index in [0.29, 0.717) is 19.6 Å². The zero-order valence-electron chi connectivity index (χ0n) is 9.01. The van der Waals surface area contributed by atoms with Crippen LogP contribution in [0.5, 0.6) is 12.0 Å². The molecule has 0 saturated carbocycles. The summed E-state index contributed by atoms with van der Waals surface area (Å²) in [6.07, 6.45) is 0.501. The highest BCUT2D eigenvalue weighted by atomic mass is 16.5. The number of hydrazine groups is 1. The van der Waals surface area contributed by atoms with E-state index in [2.05, 4.69) is 20.4 Å². The van der Waals surface area contributed by atoms with Crippen LogP contribution in [0.25, 0.3) is 0 Å². The first kappa shape index (κ1) is 12.4. The summed E-state index contributed by atoms with van der Waals surface area (Å²) in [5.41, 5.74) is 2.28. The first-order valence-corrected chi connectivity index (χ1v) is 4.89. The largest absolute Gasteiger partial charge is 0.464 e. The molecule has 0 spiro atoms. The van der Waals surface area contributed by atoms with Crippen LogP contribution < -0.4 is 20.7 Å². The lowest BCUT2D eigenvalue weighted by Crippen LogP contribution is -2.14. The lowest BCUT2D eigenvalue weighted by molar-refractivity contribution is 0.220. The first-order chi connectivity index (χ1) is 7.80. The second-order valence-electron chi connectivity index (χ2n) is 2.73. The van der Waals surface area contributed by atoms with Gasteiger partial charge in [-0.2, -0.15) is 9.97 Å². The van der Waals surface area contributed by atoms with Gasteiger partial charge in [0.1, 0.15) is 0 Å². The van der Waals surface area contributed by atoms with Gasteiger partial charge in [0.05, 0.1) is 13.2 Å². The maximum absolute atomic E-state index is 8.59. The Morgan fingerprint density at radius 2 is 1.94 bits per heavy atom. The molecule has 8 heteroatoms. The molecule has 8 nitrogen and oxygen atoms in total. The van der Waals surface area contributed by atoms with Gasteiger partial charge in [0, 0.05) is 13.0 Å². The molecule has 0 atom stereocenters. The van der Waals surface area contributed by atoms with Crippen LogP contribution in [0.3, 0.4) is 0 Å². The number of nitrogens with one attached hydrogen (secondary N) is 1. The molecule has 0 radical (unpaired) electrons. The van der Waals surface area contributed by atoms with Crippen LogP contribution >= 0.6 is 0 Å². The molecule has 1 aromatic rings. The molecule has 0 aliphatic heterocycles. The fraction of sp³-hybridized carbons (Fsp3) is 0.625. The molecule has 1 rings (SSSR count). The maximum Gasteiger partial charge on any atom is 0.324 e. The van der Waals surface area contributed by atoms with Gasteiger partial charge < -0.3 is 14.6 Å². The van der Waals surface area contributed by atoms with Crippen molar-refractivity contribution in [1.82, 2.24) is 15.0 Å². The number of nitrogens with two attached hydrogens (primary N) is 1. The van der Waals surface area contributed by atoms with Crippen LogP contribution in [-0.2, 0) is 0 Å². The molecule has 4 N–H and O–H groups in total. The van der Waals surface area contributed by atoms with Gasteiger partial charge in [-0.05, 0) is 6.92 Å². The predicted molar refractivity (Wildman–Crippen MR) is 56.0 cm³/mol. The number of aliphatic hydroxyl groups is 1. The van der Waals surface area contributed by atoms with Crippen molar-refractivity contribution >= 4 is 5.95 Å². The third kappa shape index (κ3) is 3.83. The van der Waals surface area contributed by atoms with Crippen molar-refractivity contribution in [1.29, 1.82) is 0 Å². The van der Waals surface area contributed by atoms with Crippen molar-refractivity contribution in [2.24, 2.45) is 5.84 Å². The van der Waals surface area contributed by atoms with E-state index < -0.39 is 0 Å². The van der Waals surface area contributed by atoms with E-state index in [1.807, 2.05) is 6.92 Å². The van der Waals surface area contributed by atoms with E-state index in [4.69, 9.17) is 20.4 Å². The first-order valence-electron chi connectivity index (χ1n) is 4.89. The predicted octanol–water partition coefficient (Wildman–Crippen LogP) is -0.683. The lowest BCUT2D eigenvalue weighted by Gasteiger charge is -2.07. The second kappa shape index (κ2) is 6.75. The summed E-state index contributed by atoms with van der Waals surface area (Å²) in [5, 5.41) is 8.59. The molecule has 16 heavy (non-hydrogen) atoms. The molecule has 0 aromatic carbocycles. The van der Waals surface area contributed by atoms with Gasteiger partial charge in [-0.25, -0.2) is 5.84 Å². The molecular weight excluding hydrogens is 214 g/mol. The minimum Gasteiger partial charge on any atom is -0.464 e. The van der Waals surface area contributed by atoms with Crippen LogP contribution in [0.1, 0.15) is 13.3 Å². The minimum atomic E-state index is 0.0470. The molecule has 0 unspecified atom stereocenters. The Labute approximate surface area is 92.8 Å². The Balaban J connectivity index is 2.69. The quantitative estimate of drug-likeness (QED) is 0.320.